The van der Waals surface area contributed by atoms with E-state index in [4.69, 9.17) is 4.74 Å². The number of rotatable bonds is 2. The van der Waals surface area contributed by atoms with Gasteiger partial charge in [0, 0.05) is 32.2 Å². The van der Waals surface area contributed by atoms with Gasteiger partial charge in [-0.15, -0.1) is 0 Å². The highest BCUT2D eigenvalue weighted by molar-refractivity contribution is 5.74. The molecule has 4 heteroatoms. The molecule has 0 aliphatic carbocycles. The molecule has 2 heterocycles. The Bertz CT molecular complexity index is 202. The average Bonchev–Trinajstić information content (AvgIpc) is 2.23. The third-order valence-electron chi connectivity index (χ3n) is 2.90. The van der Waals surface area contributed by atoms with E-state index in [1.165, 1.54) is 6.42 Å². The first-order valence-corrected chi connectivity index (χ1v) is 5.47. The minimum atomic E-state index is 0.0989. The Kier molecular flexibility index (Phi) is 3.24. The fraction of sp³-hybridized carbons (Fsp3) is 0.900. The first-order valence-electron chi connectivity index (χ1n) is 5.47. The topological polar surface area (TPSA) is 41.6 Å². The Morgan fingerprint density at radius 3 is 3.14 bits per heavy atom. The minimum Gasteiger partial charge on any atom is -0.381 e. The third kappa shape index (κ3) is 2.38. The smallest absolute Gasteiger partial charge is 0.317 e. The monoisotopic (exact) mass is 198 g/mol. The number of hydrogen-bond donors (Lipinski definition) is 1. The van der Waals surface area contributed by atoms with Crippen LogP contribution in [0.2, 0.25) is 0 Å². The van der Waals surface area contributed by atoms with Crippen LogP contribution in [0.25, 0.3) is 0 Å². The van der Waals surface area contributed by atoms with Gasteiger partial charge in [0.15, 0.2) is 0 Å². The van der Waals surface area contributed by atoms with Crippen molar-refractivity contribution < 1.29 is 9.53 Å². The average molecular weight is 198 g/mol. The van der Waals surface area contributed by atoms with E-state index >= 15 is 0 Å². The SMILES string of the molecule is O=C1NCCCN1CC1CCCOC1. The molecule has 0 aromatic rings. The lowest BCUT2D eigenvalue weighted by molar-refractivity contribution is 0.0419. The van der Waals surface area contributed by atoms with E-state index in [1.807, 2.05) is 4.90 Å². The molecule has 14 heavy (non-hydrogen) atoms. The van der Waals surface area contributed by atoms with E-state index in [0.29, 0.717) is 5.92 Å². The normalized spacial score (nSPS) is 28.7. The van der Waals surface area contributed by atoms with Crippen LogP contribution in [0, 0.1) is 5.92 Å². The molecule has 1 N–H and O–H groups in total. The van der Waals surface area contributed by atoms with Gasteiger partial charge in [-0.3, -0.25) is 0 Å². The maximum Gasteiger partial charge on any atom is 0.317 e. The van der Waals surface area contributed by atoms with Gasteiger partial charge in [0.2, 0.25) is 0 Å². The number of carbonyl (C=O) groups is 1. The van der Waals surface area contributed by atoms with Gasteiger partial charge in [-0.2, -0.15) is 0 Å². The second-order valence-corrected chi connectivity index (χ2v) is 4.11. The van der Waals surface area contributed by atoms with Crippen LogP contribution in [0.4, 0.5) is 4.79 Å². The summed E-state index contributed by atoms with van der Waals surface area (Å²) in [6.07, 6.45) is 3.41. The van der Waals surface area contributed by atoms with Gasteiger partial charge in [-0.1, -0.05) is 0 Å². The third-order valence-corrected chi connectivity index (χ3v) is 2.90. The summed E-state index contributed by atoms with van der Waals surface area (Å²) in [6.45, 7) is 4.32. The van der Waals surface area contributed by atoms with Crippen LogP contribution >= 0.6 is 0 Å². The molecule has 2 fully saturated rings. The zero-order valence-electron chi connectivity index (χ0n) is 8.50. The standard InChI is InChI=1S/C10H18N2O2/c13-10-11-4-2-5-12(10)7-9-3-1-6-14-8-9/h9H,1-8H2,(H,11,13). The van der Waals surface area contributed by atoms with E-state index in [-0.39, 0.29) is 6.03 Å². The number of amides is 2. The summed E-state index contributed by atoms with van der Waals surface area (Å²) in [6, 6.07) is 0.0989. The van der Waals surface area contributed by atoms with Crippen molar-refractivity contribution in [1.29, 1.82) is 0 Å². The molecule has 1 unspecified atom stereocenters. The van der Waals surface area contributed by atoms with Crippen molar-refractivity contribution in [3.05, 3.63) is 0 Å². The van der Waals surface area contributed by atoms with Crippen LogP contribution in [0.3, 0.4) is 0 Å². The van der Waals surface area contributed by atoms with Crippen molar-refractivity contribution in [3.8, 4) is 0 Å². The summed E-state index contributed by atoms with van der Waals surface area (Å²) < 4.78 is 5.40. The zero-order valence-corrected chi connectivity index (χ0v) is 8.50. The van der Waals surface area contributed by atoms with E-state index in [1.54, 1.807) is 0 Å². The minimum absolute atomic E-state index is 0.0989. The molecule has 4 nitrogen and oxygen atoms in total. The van der Waals surface area contributed by atoms with Crippen LogP contribution in [0.5, 0.6) is 0 Å². The molecular weight excluding hydrogens is 180 g/mol. The molecule has 2 amide bonds. The van der Waals surface area contributed by atoms with Crippen LogP contribution < -0.4 is 5.32 Å². The summed E-state index contributed by atoms with van der Waals surface area (Å²) in [7, 11) is 0. The predicted molar refractivity (Wildman–Crippen MR) is 53.1 cm³/mol. The molecule has 0 radical (unpaired) electrons. The Labute approximate surface area is 84.6 Å². The molecule has 2 aliphatic heterocycles. The van der Waals surface area contributed by atoms with E-state index < -0.39 is 0 Å². The highest BCUT2D eigenvalue weighted by Gasteiger charge is 2.22. The predicted octanol–water partition coefficient (Wildman–Crippen LogP) is 0.828. The molecule has 2 rings (SSSR count). The lowest BCUT2D eigenvalue weighted by Crippen LogP contribution is -2.48. The van der Waals surface area contributed by atoms with Crippen LogP contribution in [0.15, 0.2) is 0 Å². The van der Waals surface area contributed by atoms with Gasteiger partial charge < -0.3 is 15.0 Å². The Balaban J connectivity index is 1.79. The van der Waals surface area contributed by atoms with Crippen molar-refractivity contribution in [2.45, 2.75) is 19.3 Å². The van der Waals surface area contributed by atoms with Crippen molar-refractivity contribution >= 4 is 6.03 Å². The van der Waals surface area contributed by atoms with Crippen molar-refractivity contribution in [3.63, 3.8) is 0 Å². The summed E-state index contributed by atoms with van der Waals surface area (Å²) in [4.78, 5) is 13.4. The van der Waals surface area contributed by atoms with Gasteiger partial charge in [-0.25, -0.2) is 4.79 Å². The summed E-state index contributed by atoms with van der Waals surface area (Å²) in [5, 5.41) is 2.87. The highest BCUT2D eigenvalue weighted by atomic mass is 16.5. The highest BCUT2D eigenvalue weighted by Crippen LogP contribution is 2.15. The fourth-order valence-electron chi connectivity index (χ4n) is 2.12. The van der Waals surface area contributed by atoms with Crippen LogP contribution in [-0.4, -0.2) is 43.8 Å². The van der Waals surface area contributed by atoms with Crippen molar-refractivity contribution in [2.75, 3.05) is 32.8 Å². The molecule has 2 saturated heterocycles. The number of carbonyl (C=O) groups excluding carboxylic acids is 1. The van der Waals surface area contributed by atoms with Gasteiger partial charge in [0.05, 0.1) is 6.61 Å². The molecule has 0 aromatic heterocycles. The summed E-state index contributed by atoms with van der Waals surface area (Å²) in [5.74, 6) is 0.549. The lowest BCUT2D eigenvalue weighted by Gasteiger charge is -2.32. The number of nitrogens with one attached hydrogen (secondary N) is 1. The maximum absolute atomic E-state index is 11.4. The van der Waals surface area contributed by atoms with Gasteiger partial charge >= 0.3 is 6.03 Å². The Morgan fingerprint density at radius 1 is 1.50 bits per heavy atom. The second kappa shape index (κ2) is 4.64. The number of urea groups is 1. The summed E-state index contributed by atoms with van der Waals surface area (Å²) in [5.41, 5.74) is 0. The van der Waals surface area contributed by atoms with Gasteiger partial charge in [-0.05, 0) is 19.3 Å². The van der Waals surface area contributed by atoms with Crippen LogP contribution in [-0.2, 0) is 4.74 Å². The summed E-state index contributed by atoms with van der Waals surface area (Å²) >= 11 is 0. The molecular formula is C10H18N2O2. The second-order valence-electron chi connectivity index (χ2n) is 4.11. The van der Waals surface area contributed by atoms with E-state index in [2.05, 4.69) is 5.32 Å². The Morgan fingerprint density at radius 2 is 2.43 bits per heavy atom. The molecule has 80 valence electrons. The van der Waals surface area contributed by atoms with Gasteiger partial charge in [0.25, 0.3) is 0 Å². The van der Waals surface area contributed by atoms with Crippen molar-refractivity contribution in [2.24, 2.45) is 5.92 Å². The number of ether oxygens (including phenoxy) is 1. The molecule has 1 atom stereocenters. The number of hydrogen-bond acceptors (Lipinski definition) is 2. The molecule has 0 spiro atoms. The number of nitrogens with zero attached hydrogens (tertiary/aromatic N) is 1. The molecule has 0 aromatic carbocycles. The van der Waals surface area contributed by atoms with E-state index in [0.717, 1.165) is 45.7 Å². The molecule has 0 bridgehead atoms. The quantitative estimate of drug-likeness (QED) is 0.714. The fourth-order valence-corrected chi connectivity index (χ4v) is 2.12. The first kappa shape index (κ1) is 9.77. The zero-order chi connectivity index (χ0) is 9.80. The van der Waals surface area contributed by atoms with Gasteiger partial charge in [0.1, 0.15) is 0 Å². The Hall–Kier alpha value is -0.770. The first-order chi connectivity index (χ1) is 6.86. The molecule has 2 aliphatic rings. The molecule has 0 saturated carbocycles. The lowest BCUT2D eigenvalue weighted by atomic mass is 10.0. The maximum atomic E-state index is 11.4. The van der Waals surface area contributed by atoms with Crippen molar-refractivity contribution in [1.82, 2.24) is 10.2 Å². The van der Waals surface area contributed by atoms with E-state index in [9.17, 15) is 4.79 Å². The van der Waals surface area contributed by atoms with Crippen LogP contribution in [0.1, 0.15) is 19.3 Å². The largest absolute Gasteiger partial charge is 0.381 e.